The van der Waals surface area contributed by atoms with Crippen molar-refractivity contribution in [3.05, 3.63) is 83.4 Å². The number of thiol groups is 1. The molecule has 1 aliphatic carbocycles. The van der Waals surface area contributed by atoms with Gasteiger partial charge in [0.2, 0.25) is 80.0 Å². The number of hydrogen-bond acceptors (Lipinski definition) is 21. The molecule has 1 fully saturated rings. The molecule has 3 aromatic rings. The third-order valence-electron chi connectivity index (χ3n) is 17.7. The van der Waals surface area contributed by atoms with Crippen LogP contribution in [-0.4, -0.2) is 270 Å². The van der Waals surface area contributed by atoms with Crippen LogP contribution in [0.5, 0.6) is 11.5 Å². The second-order valence-electron chi connectivity index (χ2n) is 27.3. The molecule has 1 atom stereocenters. The van der Waals surface area contributed by atoms with Crippen molar-refractivity contribution in [2.24, 2.45) is 33.6 Å². The lowest BCUT2D eigenvalue weighted by atomic mass is 9.94. The summed E-state index contributed by atoms with van der Waals surface area (Å²) in [5.41, 5.74) is 13.6. The summed E-state index contributed by atoms with van der Waals surface area (Å²) in [6, 6.07) is 15.1. The highest BCUT2D eigenvalue weighted by molar-refractivity contribution is 7.89. The van der Waals surface area contributed by atoms with Crippen LogP contribution in [0.3, 0.4) is 0 Å². The summed E-state index contributed by atoms with van der Waals surface area (Å²) in [6.07, 6.45) is 5.74. The Morgan fingerprint density at radius 1 is 0.557 bits per heavy atom. The molecule has 0 bridgehead atoms. The number of nitrogens with one attached hydrogen (secondary N) is 2. The number of benzene rings is 3. The van der Waals surface area contributed by atoms with E-state index in [9.17, 15) is 69.9 Å². The van der Waals surface area contributed by atoms with Crippen LogP contribution < -0.4 is 41.9 Å². The Hall–Kier alpha value is -8.03. The van der Waals surface area contributed by atoms with Gasteiger partial charge in [0.05, 0.1) is 49.1 Å². The fraction of sp³-hybridized carbons (Fsp3) is 0.606. The number of nitrogens with zero attached hydrogens (tertiary/aromatic N) is 8. The molecule has 9 amide bonds. The zero-order valence-corrected chi connectivity index (χ0v) is 64.3. The van der Waals surface area contributed by atoms with Gasteiger partial charge in [-0.15, -0.1) is 0 Å². The predicted octanol–water partition coefficient (Wildman–Crippen LogP) is 0.920. The largest absolute Gasteiger partial charge is 0.480 e. The summed E-state index contributed by atoms with van der Waals surface area (Å²) in [6.45, 7) is 4.97. The molecule has 0 aromatic heterocycles. The average molecular weight is 1540 g/mol. The molecule has 1 heterocycles. The van der Waals surface area contributed by atoms with E-state index in [1.54, 1.807) is 49.4 Å². The monoisotopic (exact) mass is 1540 g/mol. The first-order chi connectivity index (χ1) is 50.3. The molecule has 106 heavy (non-hydrogen) atoms. The zero-order valence-electron chi connectivity index (χ0n) is 61.7. The molecule has 1 unspecified atom stereocenters. The molecule has 0 radical (unpaired) electrons. The fourth-order valence-electron chi connectivity index (χ4n) is 12.0. The van der Waals surface area contributed by atoms with E-state index in [1.807, 2.05) is 27.7 Å². The van der Waals surface area contributed by atoms with Crippen molar-refractivity contribution in [2.75, 3.05) is 137 Å². The van der Waals surface area contributed by atoms with Gasteiger partial charge in [0, 0.05) is 51.9 Å². The van der Waals surface area contributed by atoms with Gasteiger partial charge >= 0.3 is 5.97 Å². The molecule has 0 saturated heterocycles. The highest BCUT2D eigenvalue weighted by atomic mass is 32.2. The molecule has 0 spiro atoms. The second-order valence-corrected chi connectivity index (χ2v) is 30.8. The number of primary sulfonamides is 2. The first-order valence-electron chi connectivity index (χ1n) is 36.0. The van der Waals surface area contributed by atoms with Crippen LogP contribution in [0.4, 0.5) is 0 Å². The van der Waals surface area contributed by atoms with E-state index in [0.717, 1.165) is 24.8 Å². The Morgan fingerprint density at radius 3 is 1.54 bits per heavy atom. The van der Waals surface area contributed by atoms with E-state index in [-0.39, 0.29) is 126 Å². The van der Waals surface area contributed by atoms with Gasteiger partial charge in [0.25, 0.3) is 0 Å². The molecular formula is C71H110N14O18S3. The van der Waals surface area contributed by atoms with E-state index < -0.39 is 144 Å². The van der Waals surface area contributed by atoms with Crippen molar-refractivity contribution in [2.45, 2.75) is 140 Å². The Labute approximate surface area is 628 Å². The highest BCUT2D eigenvalue weighted by Gasteiger charge is 2.35. The topological polar surface area (TPSA) is 441 Å². The summed E-state index contributed by atoms with van der Waals surface area (Å²) >= 11 is 4.11. The number of amides is 9. The lowest BCUT2D eigenvalue weighted by molar-refractivity contribution is -0.152. The van der Waals surface area contributed by atoms with Crippen LogP contribution in [0.2, 0.25) is 0 Å². The van der Waals surface area contributed by atoms with Gasteiger partial charge < -0.3 is 80.6 Å². The molecule has 5 rings (SSSR count). The summed E-state index contributed by atoms with van der Waals surface area (Å²) in [7, 11) is -7.92. The first-order valence-corrected chi connectivity index (χ1v) is 39.7. The zero-order chi connectivity index (χ0) is 78.1. The minimum Gasteiger partial charge on any atom is -0.480 e. The summed E-state index contributed by atoms with van der Waals surface area (Å²) in [5, 5.41) is 25.9. The van der Waals surface area contributed by atoms with Crippen molar-refractivity contribution in [1.29, 1.82) is 0 Å². The number of sulfonamides is 2. The average Bonchev–Trinajstić information content (AvgIpc) is 1.41. The molecule has 2 aliphatic rings. The van der Waals surface area contributed by atoms with Crippen molar-refractivity contribution in [3.8, 4) is 11.5 Å². The van der Waals surface area contributed by atoms with Crippen LogP contribution in [0.15, 0.2) is 76.5 Å². The lowest BCUT2D eigenvalue weighted by Crippen LogP contribution is -2.54. The number of aliphatic carboxylic acids is 1. The van der Waals surface area contributed by atoms with Gasteiger partial charge in [-0.1, -0.05) is 77.3 Å². The number of carboxylic acid groups (broad SMARTS) is 1. The van der Waals surface area contributed by atoms with Crippen molar-refractivity contribution >= 4 is 91.8 Å². The van der Waals surface area contributed by atoms with Gasteiger partial charge in [-0.05, 0) is 155 Å². The molecule has 11 N–H and O–H groups in total. The summed E-state index contributed by atoms with van der Waals surface area (Å²) in [4.78, 5) is 153. The van der Waals surface area contributed by atoms with E-state index in [2.05, 4.69) is 23.3 Å². The van der Waals surface area contributed by atoms with E-state index in [4.69, 9.17) is 36.0 Å². The maximum Gasteiger partial charge on any atom is 0.326 e. The quantitative estimate of drug-likeness (QED) is 0.0221. The van der Waals surface area contributed by atoms with Crippen LogP contribution in [0.1, 0.15) is 116 Å². The number of fused-ring (bicyclic) bond motifs is 1. The second kappa shape index (κ2) is 44.9. The van der Waals surface area contributed by atoms with E-state index in [1.165, 1.54) is 63.5 Å². The molecule has 590 valence electrons. The van der Waals surface area contributed by atoms with Crippen molar-refractivity contribution in [3.63, 3.8) is 0 Å². The van der Waals surface area contributed by atoms with Crippen LogP contribution in [0.25, 0.3) is 0 Å². The van der Waals surface area contributed by atoms with Gasteiger partial charge in [-0.2, -0.15) is 12.6 Å². The Balaban J connectivity index is 1.38. The SMILES string of the molecule is CCOCN(CC(=O)N(CC(=O)N(CC(=O)N(CCCCN)CC(=O)N(CC(=O)N(CCCCN)CC(=O)NC(CCS)C(=O)O)Cc1ccc2c(c1)OCO2)CC(C)C)CC(C)C)C(=O)CN(C(=O)CN(CCc1ccc(S(N)(=O)=O)cc1)C(=O)CNCCc1ccc(S(N)(=O)=O)cc1)C1CCCCC1. The predicted molar refractivity (Wildman–Crippen MR) is 398 cm³/mol. The number of rotatable bonds is 48. The number of ether oxygens (including phenoxy) is 3. The third kappa shape index (κ3) is 30.7. The summed E-state index contributed by atoms with van der Waals surface area (Å²) in [5.74, 6) is -6.37. The fourth-order valence-corrected chi connectivity index (χ4v) is 13.3. The smallest absolute Gasteiger partial charge is 0.326 e. The number of hydrogen-bond donors (Lipinski definition) is 8. The molecule has 35 heteroatoms. The van der Waals surface area contributed by atoms with Crippen molar-refractivity contribution < 1.29 is 84.1 Å². The number of carbonyl (C=O) groups is 10. The Morgan fingerprint density at radius 2 is 1.02 bits per heavy atom. The minimum atomic E-state index is -4.01. The highest BCUT2D eigenvalue weighted by Crippen LogP contribution is 2.33. The Kier molecular flexibility index (Phi) is 37.6. The first kappa shape index (κ1) is 88.6. The lowest BCUT2D eigenvalue weighted by Gasteiger charge is -2.37. The van der Waals surface area contributed by atoms with Gasteiger partial charge in [-0.3, -0.25) is 43.2 Å². The third-order valence-corrected chi connectivity index (χ3v) is 19.8. The maximum absolute atomic E-state index is 14.9. The summed E-state index contributed by atoms with van der Waals surface area (Å²) < 4.78 is 64.7. The number of carbonyl (C=O) groups excluding carboxylic acids is 9. The molecule has 1 aliphatic heterocycles. The number of nitrogens with two attached hydrogens (primary N) is 4. The Bertz CT molecular complexity index is 3630. The molecule has 3 aromatic carbocycles. The van der Waals surface area contributed by atoms with E-state index in [0.29, 0.717) is 67.6 Å². The standard InChI is InChI=1S/C71H110N14O18S3/c1-6-101-49-84(69(93)48-85(56-14-8-7-9-15-56)70(94)47-80(34-27-54-18-23-58(24-19-54)106(75,99)100)63(87)37-76-31-26-53-16-21-57(22-17-53)105(74,97)98)46-68(92)82(39-52(4)5)45-67(91)81(38-51(2)3)43-65(89)79(33-13-11-30-73)42-66(90)83(40-55-20-25-60-61(36-55)103-50-102-60)44-64(88)78(32-12-10-29-72)41-62(86)77-59(28-35-104)71(95)96/h16-25,36,51-52,56,59,76,104H,6-15,26-35,37-50,72-73H2,1-5H3,(H,77,86)(H,95,96)(H2,74,97,98)(H2,75,99,100). The number of carboxylic acids is 1. The van der Waals surface area contributed by atoms with Crippen LogP contribution in [-0.2, 0) is 92.1 Å². The van der Waals surface area contributed by atoms with Crippen LogP contribution >= 0.6 is 12.6 Å². The minimum absolute atomic E-state index is 0.000697. The van der Waals surface area contributed by atoms with Crippen LogP contribution in [0, 0.1) is 11.8 Å². The molecule has 1 saturated carbocycles. The molecular weight excluding hydrogens is 1430 g/mol. The van der Waals surface area contributed by atoms with E-state index >= 15 is 0 Å². The normalized spacial score (nSPS) is 13.2. The van der Waals surface area contributed by atoms with Gasteiger partial charge in [0.1, 0.15) is 32.4 Å². The van der Waals surface area contributed by atoms with Gasteiger partial charge in [0.15, 0.2) is 11.5 Å². The van der Waals surface area contributed by atoms with Crippen molar-refractivity contribution in [1.82, 2.24) is 49.8 Å². The number of unbranched alkanes of at least 4 members (excludes halogenated alkanes) is 2. The van der Waals surface area contributed by atoms with Gasteiger partial charge in [-0.25, -0.2) is 31.9 Å². The molecule has 32 nitrogen and oxygen atoms in total. The maximum atomic E-state index is 14.9.